The summed E-state index contributed by atoms with van der Waals surface area (Å²) in [4.78, 5) is 36.4. The molecule has 0 radical (unpaired) electrons. The van der Waals surface area contributed by atoms with Crippen molar-refractivity contribution in [1.82, 2.24) is 4.90 Å². The van der Waals surface area contributed by atoms with Crippen LogP contribution in [0, 0.1) is 24.0 Å². The molecule has 1 heterocycles. The van der Waals surface area contributed by atoms with Gasteiger partial charge in [-0.05, 0) is 54.8 Å². The molecule has 0 fully saturated rings. The first-order valence-electron chi connectivity index (χ1n) is 7.95. The van der Waals surface area contributed by atoms with E-state index in [9.17, 15) is 19.7 Å². The van der Waals surface area contributed by atoms with Crippen LogP contribution in [0.15, 0.2) is 48.2 Å². The molecule has 3 rings (SSSR count). The van der Waals surface area contributed by atoms with Crippen LogP contribution in [0.3, 0.4) is 0 Å². The van der Waals surface area contributed by atoms with Crippen molar-refractivity contribution in [2.45, 2.75) is 13.8 Å². The molecule has 132 valence electrons. The first-order valence-corrected chi connectivity index (χ1v) is 7.95. The van der Waals surface area contributed by atoms with Crippen molar-refractivity contribution >= 4 is 28.8 Å². The molecule has 1 N–H and O–H groups in total. The number of rotatable bonds is 4. The standard InChI is InChI=1S/C19H17N3O4/c1-11-4-7-14(10-12(11)2)20-17-16(18(23)21(3)19(17)24)13-5-8-15(9-6-13)22(25)26/h4-10,20H,1-3H3. The summed E-state index contributed by atoms with van der Waals surface area (Å²) in [5.41, 5.74) is 3.59. The fourth-order valence-electron chi connectivity index (χ4n) is 2.74. The topological polar surface area (TPSA) is 92.6 Å². The number of likely N-dealkylation sites (N-methyl/N-ethyl adjacent to an activating group) is 1. The molecule has 0 unspecified atom stereocenters. The number of non-ortho nitro benzene ring substituents is 1. The molecule has 26 heavy (non-hydrogen) atoms. The number of amides is 2. The number of nitro groups is 1. The average molecular weight is 351 g/mol. The quantitative estimate of drug-likeness (QED) is 0.519. The van der Waals surface area contributed by atoms with E-state index in [1.807, 2.05) is 32.0 Å². The predicted octanol–water partition coefficient (Wildman–Crippen LogP) is 3.03. The summed E-state index contributed by atoms with van der Waals surface area (Å²) in [6.07, 6.45) is 0. The number of hydrogen-bond acceptors (Lipinski definition) is 5. The Hall–Kier alpha value is -3.48. The summed E-state index contributed by atoms with van der Waals surface area (Å²) in [5, 5.41) is 13.9. The molecule has 2 aromatic carbocycles. The van der Waals surface area contributed by atoms with Gasteiger partial charge in [-0.25, -0.2) is 0 Å². The van der Waals surface area contributed by atoms with Gasteiger partial charge in [0.1, 0.15) is 5.70 Å². The summed E-state index contributed by atoms with van der Waals surface area (Å²) < 4.78 is 0. The molecule has 0 saturated heterocycles. The Balaban J connectivity index is 2.06. The van der Waals surface area contributed by atoms with Crippen LogP contribution in [0.1, 0.15) is 16.7 Å². The Morgan fingerprint density at radius 1 is 0.962 bits per heavy atom. The lowest BCUT2D eigenvalue weighted by molar-refractivity contribution is -0.384. The van der Waals surface area contributed by atoms with Crippen molar-refractivity contribution < 1.29 is 14.5 Å². The molecule has 7 heteroatoms. The summed E-state index contributed by atoms with van der Waals surface area (Å²) >= 11 is 0. The molecule has 0 bridgehead atoms. The third-order valence-electron chi connectivity index (χ3n) is 4.43. The highest BCUT2D eigenvalue weighted by Gasteiger charge is 2.36. The van der Waals surface area contributed by atoms with Crippen LogP contribution in [0.2, 0.25) is 0 Å². The van der Waals surface area contributed by atoms with E-state index in [0.29, 0.717) is 11.3 Å². The zero-order valence-corrected chi connectivity index (χ0v) is 14.6. The third kappa shape index (κ3) is 2.95. The molecule has 1 aliphatic rings. The lowest BCUT2D eigenvalue weighted by Gasteiger charge is -2.10. The maximum Gasteiger partial charge on any atom is 0.277 e. The third-order valence-corrected chi connectivity index (χ3v) is 4.43. The Labute approximate surface area is 150 Å². The van der Waals surface area contributed by atoms with Crippen LogP contribution < -0.4 is 5.32 Å². The SMILES string of the molecule is Cc1ccc(NC2=C(c3ccc([N+](=O)[O-])cc3)C(=O)N(C)C2=O)cc1C. The zero-order valence-electron chi connectivity index (χ0n) is 14.6. The Morgan fingerprint density at radius 2 is 1.62 bits per heavy atom. The van der Waals surface area contributed by atoms with E-state index >= 15 is 0 Å². The minimum absolute atomic E-state index is 0.0804. The smallest absolute Gasteiger partial charge is 0.277 e. The highest BCUT2D eigenvalue weighted by atomic mass is 16.6. The first kappa shape index (κ1) is 17.3. The van der Waals surface area contributed by atoms with Crippen molar-refractivity contribution in [3.8, 4) is 0 Å². The number of aryl methyl sites for hydroxylation is 2. The van der Waals surface area contributed by atoms with Gasteiger partial charge < -0.3 is 5.32 Å². The first-order chi connectivity index (χ1) is 12.3. The second-order valence-electron chi connectivity index (χ2n) is 6.15. The van der Waals surface area contributed by atoms with Crippen LogP contribution in [-0.2, 0) is 9.59 Å². The van der Waals surface area contributed by atoms with Gasteiger partial charge in [-0.3, -0.25) is 24.6 Å². The Morgan fingerprint density at radius 3 is 2.19 bits per heavy atom. The largest absolute Gasteiger partial charge is 0.350 e. The number of nitrogens with zero attached hydrogens (tertiary/aromatic N) is 2. The fraction of sp³-hybridized carbons (Fsp3) is 0.158. The van der Waals surface area contributed by atoms with E-state index in [1.54, 1.807) is 0 Å². The van der Waals surface area contributed by atoms with Gasteiger partial charge in [0.2, 0.25) is 0 Å². The van der Waals surface area contributed by atoms with Crippen molar-refractivity contribution in [2.24, 2.45) is 0 Å². The van der Waals surface area contributed by atoms with Crippen molar-refractivity contribution in [3.05, 3.63) is 75.0 Å². The van der Waals surface area contributed by atoms with Gasteiger partial charge in [0.15, 0.2) is 0 Å². The van der Waals surface area contributed by atoms with E-state index in [2.05, 4.69) is 5.32 Å². The molecule has 0 atom stereocenters. The van der Waals surface area contributed by atoms with Crippen LogP contribution in [0.25, 0.3) is 5.57 Å². The van der Waals surface area contributed by atoms with Gasteiger partial charge in [0.25, 0.3) is 17.5 Å². The maximum absolute atomic E-state index is 12.5. The van der Waals surface area contributed by atoms with Crippen molar-refractivity contribution in [1.29, 1.82) is 0 Å². The second-order valence-corrected chi connectivity index (χ2v) is 6.15. The summed E-state index contributed by atoms with van der Waals surface area (Å²) in [6.45, 7) is 3.94. The van der Waals surface area contributed by atoms with Gasteiger partial charge >= 0.3 is 0 Å². The van der Waals surface area contributed by atoms with Gasteiger partial charge in [-0.2, -0.15) is 0 Å². The highest BCUT2D eigenvalue weighted by Crippen LogP contribution is 2.30. The molecule has 0 saturated carbocycles. The van der Waals surface area contributed by atoms with E-state index in [4.69, 9.17) is 0 Å². The van der Waals surface area contributed by atoms with Gasteiger partial charge in [0, 0.05) is 24.9 Å². The minimum Gasteiger partial charge on any atom is -0.350 e. The number of carbonyl (C=O) groups is 2. The van der Waals surface area contributed by atoms with Crippen LogP contribution >= 0.6 is 0 Å². The van der Waals surface area contributed by atoms with E-state index in [0.717, 1.165) is 16.0 Å². The molecular formula is C19H17N3O4. The van der Waals surface area contributed by atoms with Crippen molar-refractivity contribution in [3.63, 3.8) is 0 Å². The molecule has 7 nitrogen and oxygen atoms in total. The van der Waals surface area contributed by atoms with Crippen LogP contribution in [-0.4, -0.2) is 28.7 Å². The molecule has 1 aliphatic heterocycles. The van der Waals surface area contributed by atoms with Crippen LogP contribution in [0.4, 0.5) is 11.4 Å². The fourth-order valence-corrected chi connectivity index (χ4v) is 2.74. The number of hydrogen-bond donors (Lipinski definition) is 1. The van der Waals surface area contributed by atoms with Gasteiger partial charge in [0.05, 0.1) is 10.5 Å². The maximum atomic E-state index is 12.5. The number of nitrogens with one attached hydrogen (secondary N) is 1. The summed E-state index contributed by atoms with van der Waals surface area (Å²) in [7, 11) is 1.41. The van der Waals surface area contributed by atoms with Gasteiger partial charge in [-0.15, -0.1) is 0 Å². The molecular weight excluding hydrogens is 334 g/mol. The predicted molar refractivity (Wildman–Crippen MR) is 97.3 cm³/mol. The molecule has 2 aromatic rings. The zero-order chi connectivity index (χ0) is 19.0. The second kappa shape index (κ2) is 6.44. The van der Waals surface area contributed by atoms with Gasteiger partial charge in [-0.1, -0.05) is 6.07 Å². The molecule has 0 aliphatic carbocycles. The number of anilines is 1. The lowest BCUT2D eigenvalue weighted by atomic mass is 10.0. The normalized spacial score (nSPS) is 14.2. The Kier molecular flexibility index (Phi) is 4.29. The minimum atomic E-state index is -0.514. The number of benzene rings is 2. The number of nitro benzene ring substituents is 1. The summed E-state index contributed by atoms with van der Waals surface area (Å²) in [6, 6.07) is 11.2. The molecule has 0 spiro atoms. The molecule has 0 aromatic heterocycles. The van der Waals surface area contributed by atoms with E-state index < -0.39 is 16.7 Å². The Bertz CT molecular complexity index is 961. The van der Waals surface area contributed by atoms with Crippen LogP contribution in [0.5, 0.6) is 0 Å². The van der Waals surface area contributed by atoms with E-state index in [1.165, 1.54) is 31.3 Å². The monoisotopic (exact) mass is 351 g/mol. The van der Waals surface area contributed by atoms with Crippen molar-refractivity contribution in [2.75, 3.05) is 12.4 Å². The lowest BCUT2D eigenvalue weighted by Crippen LogP contribution is -2.27. The average Bonchev–Trinajstić information content (AvgIpc) is 2.82. The highest BCUT2D eigenvalue weighted by molar-refractivity contribution is 6.36. The number of carbonyl (C=O) groups excluding carboxylic acids is 2. The van der Waals surface area contributed by atoms with E-state index in [-0.39, 0.29) is 17.0 Å². The summed E-state index contributed by atoms with van der Waals surface area (Å²) in [5.74, 6) is -0.892. The molecule has 2 amide bonds. The number of imide groups is 1.